The minimum absolute atomic E-state index is 0.129. The Bertz CT molecular complexity index is 553. The number of nitrogens with zero attached hydrogens (tertiary/aromatic N) is 2. The fourth-order valence-electron chi connectivity index (χ4n) is 1.14. The van der Waals surface area contributed by atoms with Gasteiger partial charge in [-0.3, -0.25) is 4.98 Å². The van der Waals surface area contributed by atoms with E-state index < -0.39 is 17.7 Å². The SMILES string of the molecule is Fc1cc2nc(C(F)(F)F)cnc2cc1Br. The summed E-state index contributed by atoms with van der Waals surface area (Å²) >= 11 is 2.91. The number of hydrogen-bond acceptors (Lipinski definition) is 2. The van der Waals surface area contributed by atoms with Gasteiger partial charge >= 0.3 is 6.18 Å². The van der Waals surface area contributed by atoms with E-state index in [4.69, 9.17) is 0 Å². The standard InChI is InChI=1S/C9H3BrF4N2/c10-4-1-6-7(2-5(4)11)16-8(3-15-6)9(12,13)14/h1-3H. The zero-order valence-corrected chi connectivity index (χ0v) is 9.10. The van der Waals surface area contributed by atoms with Gasteiger partial charge in [-0.15, -0.1) is 0 Å². The summed E-state index contributed by atoms with van der Waals surface area (Å²) in [5, 5.41) is 0. The molecule has 0 saturated heterocycles. The van der Waals surface area contributed by atoms with Crippen LogP contribution in [0.3, 0.4) is 0 Å². The molecule has 1 aromatic heterocycles. The second-order valence-electron chi connectivity index (χ2n) is 3.01. The molecule has 1 heterocycles. The van der Waals surface area contributed by atoms with Crippen molar-refractivity contribution in [2.75, 3.05) is 0 Å². The zero-order chi connectivity index (χ0) is 11.9. The minimum Gasteiger partial charge on any atom is -0.252 e. The van der Waals surface area contributed by atoms with Crippen LogP contribution in [0.2, 0.25) is 0 Å². The molecule has 0 aliphatic carbocycles. The molecule has 1 aromatic carbocycles. The van der Waals surface area contributed by atoms with Crippen LogP contribution in [0.1, 0.15) is 5.69 Å². The summed E-state index contributed by atoms with van der Waals surface area (Å²) in [5.41, 5.74) is -1.07. The summed E-state index contributed by atoms with van der Waals surface area (Å²) in [6, 6.07) is 2.18. The number of aromatic nitrogens is 2. The van der Waals surface area contributed by atoms with Gasteiger partial charge in [0.15, 0.2) is 5.69 Å². The average molecular weight is 295 g/mol. The third-order valence-corrected chi connectivity index (χ3v) is 2.48. The van der Waals surface area contributed by atoms with Gasteiger partial charge in [-0.25, -0.2) is 9.37 Å². The van der Waals surface area contributed by atoms with Crippen LogP contribution in [0, 0.1) is 5.82 Å². The Kier molecular flexibility index (Phi) is 2.57. The third kappa shape index (κ3) is 1.99. The number of halogens is 5. The molecule has 2 nitrogen and oxygen atoms in total. The highest BCUT2D eigenvalue weighted by molar-refractivity contribution is 9.10. The number of rotatable bonds is 0. The maximum absolute atomic E-state index is 13.1. The maximum atomic E-state index is 13.1. The monoisotopic (exact) mass is 294 g/mol. The highest BCUT2D eigenvalue weighted by Gasteiger charge is 2.33. The first-order valence-corrected chi connectivity index (χ1v) is 4.86. The molecule has 0 aliphatic heterocycles. The van der Waals surface area contributed by atoms with Crippen LogP contribution >= 0.6 is 15.9 Å². The molecular formula is C9H3BrF4N2. The molecule has 0 aliphatic rings. The lowest BCUT2D eigenvalue weighted by Gasteiger charge is -2.06. The van der Waals surface area contributed by atoms with Gasteiger partial charge in [0, 0.05) is 6.07 Å². The molecule has 0 atom stereocenters. The minimum atomic E-state index is -4.58. The topological polar surface area (TPSA) is 25.8 Å². The van der Waals surface area contributed by atoms with Gasteiger partial charge in [0.05, 0.1) is 21.7 Å². The van der Waals surface area contributed by atoms with Crippen LogP contribution in [-0.4, -0.2) is 9.97 Å². The van der Waals surface area contributed by atoms with Gasteiger partial charge < -0.3 is 0 Å². The number of fused-ring (bicyclic) bond motifs is 1. The van der Waals surface area contributed by atoms with Crippen molar-refractivity contribution >= 4 is 27.0 Å². The molecule has 84 valence electrons. The molecule has 0 amide bonds. The molecule has 0 unspecified atom stereocenters. The molecular weight excluding hydrogens is 292 g/mol. The lowest BCUT2D eigenvalue weighted by atomic mass is 10.3. The third-order valence-electron chi connectivity index (χ3n) is 1.87. The summed E-state index contributed by atoms with van der Waals surface area (Å²) < 4.78 is 50.1. The molecule has 16 heavy (non-hydrogen) atoms. The van der Waals surface area contributed by atoms with E-state index in [1.807, 2.05) is 0 Å². The first-order valence-electron chi connectivity index (χ1n) is 4.07. The van der Waals surface area contributed by atoms with E-state index in [1.54, 1.807) is 0 Å². The van der Waals surface area contributed by atoms with Crippen LogP contribution in [-0.2, 0) is 6.18 Å². The normalized spacial score (nSPS) is 12.1. The number of hydrogen-bond donors (Lipinski definition) is 0. The van der Waals surface area contributed by atoms with Crippen LogP contribution in [0.5, 0.6) is 0 Å². The molecule has 0 saturated carbocycles. The Hall–Kier alpha value is -1.24. The van der Waals surface area contributed by atoms with Crippen LogP contribution in [0.25, 0.3) is 11.0 Å². The molecule has 0 N–H and O–H groups in total. The molecule has 0 fully saturated rings. The smallest absolute Gasteiger partial charge is 0.252 e. The number of benzene rings is 1. The van der Waals surface area contributed by atoms with Crippen molar-refractivity contribution in [2.45, 2.75) is 6.18 Å². The fourth-order valence-corrected chi connectivity index (χ4v) is 1.48. The van der Waals surface area contributed by atoms with Crippen molar-refractivity contribution in [1.29, 1.82) is 0 Å². The van der Waals surface area contributed by atoms with E-state index in [1.165, 1.54) is 6.07 Å². The maximum Gasteiger partial charge on any atom is 0.434 e. The molecule has 0 spiro atoms. The van der Waals surface area contributed by atoms with Crippen molar-refractivity contribution in [2.24, 2.45) is 0 Å². The predicted octanol–water partition coefficient (Wildman–Crippen LogP) is 3.55. The van der Waals surface area contributed by atoms with Crippen molar-refractivity contribution in [3.05, 3.63) is 34.3 Å². The summed E-state index contributed by atoms with van der Waals surface area (Å²) in [4.78, 5) is 6.87. The molecule has 2 rings (SSSR count). The van der Waals surface area contributed by atoms with E-state index in [0.717, 1.165) is 6.07 Å². The van der Waals surface area contributed by atoms with E-state index in [2.05, 4.69) is 25.9 Å². The lowest BCUT2D eigenvalue weighted by molar-refractivity contribution is -0.141. The van der Waals surface area contributed by atoms with Gasteiger partial charge in [0.1, 0.15) is 5.82 Å². The van der Waals surface area contributed by atoms with Gasteiger partial charge in [-0.1, -0.05) is 0 Å². The fraction of sp³-hybridized carbons (Fsp3) is 0.111. The molecule has 0 radical (unpaired) electrons. The van der Waals surface area contributed by atoms with Crippen molar-refractivity contribution < 1.29 is 17.6 Å². The van der Waals surface area contributed by atoms with Crippen LogP contribution in [0.15, 0.2) is 22.8 Å². The summed E-state index contributed by atoms with van der Waals surface area (Å²) in [7, 11) is 0. The second-order valence-corrected chi connectivity index (χ2v) is 3.86. The lowest BCUT2D eigenvalue weighted by Crippen LogP contribution is -2.08. The number of alkyl halides is 3. The van der Waals surface area contributed by atoms with E-state index >= 15 is 0 Å². The predicted molar refractivity (Wildman–Crippen MR) is 52.2 cm³/mol. The quantitative estimate of drug-likeness (QED) is 0.695. The van der Waals surface area contributed by atoms with Gasteiger partial charge in [-0.2, -0.15) is 13.2 Å². The Balaban J connectivity index is 2.67. The van der Waals surface area contributed by atoms with Gasteiger partial charge in [-0.05, 0) is 22.0 Å². The van der Waals surface area contributed by atoms with Crippen molar-refractivity contribution in [3.63, 3.8) is 0 Å². The molecule has 7 heteroatoms. The first kappa shape index (κ1) is 11.3. The molecule has 0 bridgehead atoms. The largest absolute Gasteiger partial charge is 0.434 e. The molecule has 2 aromatic rings. The summed E-state index contributed by atoms with van der Waals surface area (Å²) in [5.74, 6) is -0.680. The Morgan fingerprint density at radius 2 is 1.81 bits per heavy atom. The summed E-state index contributed by atoms with van der Waals surface area (Å²) in [6.07, 6.45) is -3.96. The highest BCUT2D eigenvalue weighted by Crippen LogP contribution is 2.29. The highest BCUT2D eigenvalue weighted by atomic mass is 79.9. The van der Waals surface area contributed by atoms with Gasteiger partial charge in [0.25, 0.3) is 0 Å². The van der Waals surface area contributed by atoms with Crippen LogP contribution < -0.4 is 0 Å². The average Bonchev–Trinajstić information content (AvgIpc) is 2.17. The Morgan fingerprint density at radius 1 is 1.12 bits per heavy atom. The second kappa shape index (κ2) is 3.65. The van der Waals surface area contributed by atoms with Crippen molar-refractivity contribution in [3.8, 4) is 0 Å². The van der Waals surface area contributed by atoms with E-state index in [0.29, 0.717) is 6.20 Å². The first-order chi connectivity index (χ1) is 7.38. The Labute approximate surface area is 95.4 Å². The van der Waals surface area contributed by atoms with Gasteiger partial charge in [0.2, 0.25) is 0 Å². The summed E-state index contributed by atoms with van der Waals surface area (Å²) in [6.45, 7) is 0. The van der Waals surface area contributed by atoms with E-state index in [-0.39, 0.29) is 15.5 Å². The Morgan fingerprint density at radius 3 is 2.44 bits per heavy atom. The van der Waals surface area contributed by atoms with Crippen LogP contribution in [0.4, 0.5) is 17.6 Å². The zero-order valence-electron chi connectivity index (χ0n) is 7.52. The van der Waals surface area contributed by atoms with Crippen molar-refractivity contribution in [1.82, 2.24) is 9.97 Å². The van der Waals surface area contributed by atoms with E-state index in [9.17, 15) is 17.6 Å².